The van der Waals surface area contributed by atoms with Crippen molar-refractivity contribution in [2.75, 3.05) is 19.7 Å². The average Bonchev–Trinajstić information content (AvgIpc) is 2.94. The van der Waals surface area contributed by atoms with Crippen molar-refractivity contribution in [2.45, 2.75) is 25.0 Å². The molecule has 0 bridgehead atoms. The van der Waals surface area contributed by atoms with Crippen LogP contribution in [0.25, 0.3) is 0 Å². The van der Waals surface area contributed by atoms with Gasteiger partial charge >= 0.3 is 0 Å². The molecular formula is C33H34BrNO. The molecule has 0 radical (unpaired) electrons. The van der Waals surface area contributed by atoms with Gasteiger partial charge in [-0.25, -0.2) is 0 Å². The van der Waals surface area contributed by atoms with E-state index < -0.39 is 5.60 Å². The molecule has 0 aliphatic heterocycles. The van der Waals surface area contributed by atoms with Gasteiger partial charge in [-0.2, -0.15) is 0 Å². The molecule has 0 amide bonds. The monoisotopic (exact) mass is 539 g/mol. The minimum atomic E-state index is -0.727. The van der Waals surface area contributed by atoms with Crippen molar-refractivity contribution in [1.82, 2.24) is 4.90 Å². The molecule has 0 aliphatic carbocycles. The molecule has 0 aromatic heterocycles. The number of rotatable bonds is 12. The molecule has 1 atom stereocenters. The molecule has 0 spiro atoms. The summed E-state index contributed by atoms with van der Waals surface area (Å²) in [4.78, 5) is 2.45. The quantitative estimate of drug-likeness (QED) is 0.134. The standard InChI is InChI=1S/C33H34BrNO/c1-3-24-35(4-2)32(25-27-20-22-31(34)23-21-27)26-36-33(28-14-8-5-9-15-28,29-16-10-6-11-17-29)30-18-12-7-13-19-30/h3,5-23,32H,1,4,24-26H2,2H3. The van der Waals surface area contributed by atoms with E-state index in [1.165, 1.54) is 5.56 Å². The molecule has 4 aromatic rings. The number of halogens is 1. The number of benzene rings is 4. The molecule has 36 heavy (non-hydrogen) atoms. The van der Waals surface area contributed by atoms with Gasteiger partial charge in [-0.3, -0.25) is 4.90 Å². The van der Waals surface area contributed by atoms with Crippen molar-refractivity contribution in [3.05, 3.63) is 155 Å². The van der Waals surface area contributed by atoms with Crippen molar-refractivity contribution >= 4 is 15.9 Å². The minimum Gasteiger partial charge on any atom is -0.359 e. The lowest BCUT2D eigenvalue weighted by atomic mass is 9.80. The van der Waals surface area contributed by atoms with Gasteiger partial charge in [-0.05, 0) is 47.4 Å². The fourth-order valence-corrected chi connectivity index (χ4v) is 5.14. The number of hydrogen-bond donors (Lipinski definition) is 0. The summed E-state index contributed by atoms with van der Waals surface area (Å²) < 4.78 is 8.28. The highest BCUT2D eigenvalue weighted by Crippen LogP contribution is 2.40. The zero-order chi connectivity index (χ0) is 25.2. The van der Waals surface area contributed by atoms with Crippen LogP contribution in [0.4, 0.5) is 0 Å². The summed E-state index contributed by atoms with van der Waals surface area (Å²) in [6, 6.07) is 40.5. The highest BCUT2D eigenvalue weighted by atomic mass is 79.9. The van der Waals surface area contributed by atoms with Gasteiger partial charge in [0.1, 0.15) is 5.60 Å². The Balaban J connectivity index is 1.78. The van der Waals surface area contributed by atoms with E-state index in [1.807, 2.05) is 6.08 Å². The van der Waals surface area contributed by atoms with Gasteiger partial charge in [0.2, 0.25) is 0 Å². The maximum atomic E-state index is 7.19. The Kier molecular flexibility index (Phi) is 9.29. The fourth-order valence-electron chi connectivity index (χ4n) is 4.88. The third kappa shape index (κ3) is 6.04. The van der Waals surface area contributed by atoms with Crippen molar-refractivity contribution in [1.29, 1.82) is 0 Å². The Labute approximate surface area is 224 Å². The summed E-state index contributed by atoms with van der Waals surface area (Å²) in [5, 5.41) is 0. The molecule has 0 fully saturated rings. The first-order valence-corrected chi connectivity index (χ1v) is 13.4. The molecule has 4 aromatic carbocycles. The Hall–Kier alpha value is -2.98. The molecule has 184 valence electrons. The zero-order valence-corrected chi connectivity index (χ0v) is 22.5. The first-order chi connectivity index (χ1) is 17.7. The second-order valence-corrected chi connectivity index (χ2v) is 9.87. The van der Waals surface area contributed by atoms with Crippen LogP contribution < -0.4 is 0 Å². The van der Waals surface area contributed by atoms with Crippen LogP contribution in [-0.2, 0) is 16.8 Å². The summed E-state index contributed by atoms with van der Waals surface area (Å²) in [7, 11) is 0. The molecule has 2 nitrogen and oxygen atoms in total. The van der Waals surface area contributed by atoms with Gasteiger partial charge in [0, 0.05) is 17.1 Å². The Morgan fingerprint density at radius 3 is 1.67 bits per heavy atom. The van der Waals surface area contributed by atoms with Crippen LogP contribution >= 0.6 is 15.9 Å². The van der Waals surface area contributed by atoms with Crippen molar-refractivity contribution in [3.8, 4) is 0 Å². The lowest BCUT2D eigenvalue weighted by Gasteiger charge is -2.39. The van der Waals surface area contributed by atoms with Crippen molar-refractivity contribution < 1.29 is 4.74 Å². The smallest absolute Gasteiger partial charge is 0.143 e. The van der Waals surface area contributed by atoms with E-state index in [1.54, 1.807) is 0 Å². The predicted molar refractivity (Wildman–Crippen MR) is 154 cm³/mol. The molecule has 0 N–H and O–H groups in total. The van der Waals surface area contributed by atoms with Crippen molar-refractivity contribution in [2.24, 2.45) is 0 Å². The van der Waals surface area contributed by atoms with Crippen LogP contribution in [0.5, 0.6) is 0 Å². The predicted octanol–water partition coefficient (Wildman–Crippen LogP) is 7.88. The highest BCUT2D eigenvalue weighted by Gasteiger charge is 2.38. The van der Waals surface area contributed by atoms with E-state index in [0.717, 1.165) is 40.7 Å². The number of nitrogens with zero attached hydrogens (tertiary/aromatic N) is 1. The van der Waals surface area contributed by atoms with Gasteiger partial charge in [-0.15, -0.1) is 6.58 Å². The van der Waals surface area contributed by atoms with Crippen molar-refractivity contribution in [3.63, 3.8) is 0 Å². The SMILES string of the molecule is C=CCN(CC)C(COC(c1ccccc1)(c1ccccc1)c1ccccc1)Cc1ccc(Br)cc1. The van der Waals surface area contributed by atoms with Gasteiger partial charge in [0.15, 0.2) is 0 Å². The van der Waals surface area contributed by atoms with E-state index in [2.05, 4.69) is 150 Å². The molecule has 4 rings (SSSR count). The summed E-state index contributed by atoms with van der Waals surface area (Å²) in [6.07, 6.45) is 2.88. The minimum absolute atomic E-state index is 0.185. The van der Waals surface area contributed by atoms with Crippen LogP contribution in [0.3, 0.4) is 0 Å². The molecule has 0 heterocycles. The van der Waals surface area contributed by atoms with Gasteiger partial charge in [0.25, 0.3) is 0 Å². The summed E-state index contributed by atoms with van der Waals surface area (Å²) in [5.74, 6) is 0. The average molecular weight is 541 g/mol. The normalized spacial score (nSPS) is 12.4. The van der Waals surface area contributed by atoms with Gasteiger partial charge in [-0.1, -0.05) is 132 Å². The fraction of sp³-hybridized carbons (Fsp3) is 0.212. The molecular weight excluding hydrogens is 506 g/mol. The largest absolute Gasteiger partial charge is 0.359 e. The Bertz CT molecular complexity index is 1100. The number of likely N-dealkylation sites (N-methyl/N-ethyl adjacent to an activating group) is 1. The zero-order valence-electron chi connectivity index (χ0n) is 20.9. The first kappa shape index (κ1) is 26.1. The number of hydrogen-bond acceptors (Lipinski definition) is 2. The summed E-state index contributed by atoms with van der Waals surface area (Å²) in [5.41, 5.74) is 3.93. The number of ether oxygens (including phenoxy) is 1. The summed E-state index contributed by atoms with van der Waals surface area (Å²) >= 11 is 3.57. The Morgan fingerprint density at radius 2 is 1.25 bits per heavy atom. The van der Waals surface area contributed by atoms with Crippen LogP contribution in [0.2, 0.25) is 0 Å². The maximum absolute atomic E-state index is 7.19. The topological polar surface area (TPSA) is 12.5 Å². The third-order valence-electron chi connectivity index (χ3n) is 6.70. The summed E-state index contributed by atoms with van der Waals surface area (Å²) in [6.45, 7) is 8.52. The molecule has 3 heteroatoms. The molecule has 0 saturated carbocycles. The van der Waals surface area contributed by atoms with E-state index >= 15 is 0 Å². The molecule has 0 aliphatic rings. The van der Waals surface area contributed by atoms with E-state index in [9.17, 15) is 0 Å². The van der Waals surface area contributed by atoms with E-state index in [-0.39, 0.29) is 6.04 Å². The van der Waals surface area contributed by atoms with Crippen LogP contribution in [0, 0.1) is 0 Å². The van der Waals surface area contributed by atoms with E-state index in [0.29, 0.717) is 6.61 Å². The van der Waals surface area contributed by atoms with Gasteiger partial charge in [0.05, 0.1) is 6.61 Å². The molecule has 1 unspecified atom stereocenters. The van der Waals surface area contributed by atoms with Crippen LogP contribution in [0.15, 0.2) is 132 Å². The van der Waals surface area contributed by atoms with Crippen LogP contribution in [-0.4, -0.2) is 30.6 Å². The van der Waals surface area contributed by atoms with Crippen LogP contribution in [0.1, 0.15) is 29.2 Å². The third-order valence-corrected chi connectivity index (χ3v) is 7.23. The van der Waals surface area contributed by atoms with Gasteiger partial charge < -0.3 is 4.74 Å². The molecule has 0 saturated heterocycles. The lowest BCUT2D eigenvalue weighted by molar-refractivity contribution is -0.0208. The maximum Gasteiger partial charge on any atom is 0.143 e. The lowest BCUT2D eigenvalue weighted by Crippen LogP contribution is -2.44. The second kappa shape index (κ2) is 12.8. The Morgan fingerprint density at radius 1 is 0.778 bits per heavy atom. The first-order valence-electron chi connectivity index (χ1n) is 12.6. The second-order valence-electron chi connectivity index (χ2n) is 8.95. The van der Waals surface area contributed by atoms with E-state index in [4.69, 9.17) is 4.74 Å². The highest BCUT2D eigenvalue weighted by molar-refractivity contribution is 9.10.